The molecule has 13 heteroatoms. The van der Waals surface area contributed by atoms with E-state index in [4.69, 9.17) is 19.9 Å². The van der Waals surface area contributed by atoms with Crippen LogP contribution in [0.15, 0.2) is 24.0 Å². The number of aromatic hydroxyl groups is 1. The minimum Gasteiger partial charge on any atom is -0.504 e. The van der Waals surface area contributed by atoms with Gasteiger partial charge in [0.2, 0.25) is 12.0 Å². The van der Waals surface area contributed by atoms with Crippen LogP contribution in [-0.2, 0) is 40.5 Å². The first-order valence-corrected chi connectivity index (χ1v) is 15.2. The molecule has 6 atom stereocenters. The molecule has 0 radical (unpaired) electrons. The molecule has 2 aliphatic carbocycles. The van der Waals surface area contributed by atoms with Crippen LogP contribution in [0.5, 0.6) is 11.5 Å². The maximum absolute atomic E-state index is 13.0. The third-order valence-electron chi connectivity index (χ3n) is 9.65. The second-order valence-corrected chi connectivity index (χ2v) is 12.3. The molecule has 2 bridgehead atoms. The van der Waals surface area contributed by atoms with Crippen LogP contribution in [0, 0.1) is 5.92 Å². The monoisotopic (exact) mass is 615 g/mol. The summed E-state index contributed by atoms with van der Waals surface area (Å²) in [6, 6.07) is 3.16. The molecule has 1 fully saturated rings. The number of carbonyl (C=O) groups is 4. The molecular weight excluding hydrogens is 574 g/mol. The van der Waals surface area contributed by atoms with Gasteiger partial charge in [-0.25, -0.2) is 4.79 Å². The van der Waals surface area contributed by atoms with Crippen molar-refractivity contribution in [1.82, 2.24) is 10.2 Å². The summed E-state index contributed by atoms with van der Waals surface area (Å²) in [5.41, 5.74) is 4.93. The van der Waals surface area contributed by atoms with E-state index in [9.17, 15) is 34.5 Å². The summed E-state index contributed by atoms with van der Waals surface area (Å²) in [7, 11) is 1.96. The molecule has 1 aromatic carbocycles. The number of phenolic OH excluding ortho intramolecular Hbond substituents is 1. The van der Waals surface area contributed by atoms with Crippen LogP contribution in [0.25, 0.3) is 0 Å². The molecule has 1 aromatic rings. The van der Waals surface area contributed by atoms with E-state index in [0.29, 0.717) is 32.4 Å². The summed E-state index contributed by atoms with van der Waals surface area (Å²) in [6.07, 6.45) is 1.31. The highest BCUT2D eigenvalue weighted by Gasteiger charge is 2.72. The molecule has 0 aromatic heterocycles. The highest BCUT2D eigenvalue weighted by Crippen LogP contribution is 2.65. The summed E-state index contributed by atoms with van der Waals surface area (Å²) in [6.45, 7) is 2.92. The minimum atomic E-state index is -1.81. The molecule has 5 rings (SSSR count). The zero-order valence-corrected chi connectivity index (χ0v) is 25.0. The van der Waals surface area contributed by atoms with Crippen molar-refractivity contribution in [2.75, 3.05) is 26.7 Å². The number of rotatable bonds is 13. The Bertz CT molecular complexity index is 1360. The summed E-state index contributed by atoms with van der Waals surface area (Å²) in [5, 5.41) is 35.1. The average molecular weight is 616 g/mol. The van der Waals surface area contributed by atoms with Crippen molar-refractivity contribution in [2.24, 2.45) is 11.7 Å². The predicted octanol–water partition coefficient (Wildman–Crippen LogP) is 0.871. The lowest BCUT2D eigenvalue weighted by atomic mass is 9.50. The first-order chi connectivity index (χ1) is 20.9. The molecule has 2 heterocycles. The molecule has 4 aliphatic rings. The zero-order chi connectivity index (χ0) is 31.8. The maximum Gasteiger partial charge on any atom is 0.345 e. The Balaban J connectivity index is 1.22. The largest absolute Gasteiger partial charge is 0.504 e. The van der Waals surface area contributed by atoms with E-state index >= 15 is 0 Å². The van der Waals surface area contributed by atoms with Crippen molar-refractivity contribution < 1.29 is 48.7 Å². The number of esters is 2. The van der Waals surface area contributed by atoms with Gasteiger partial charge in [0, 0.05) is 30.5 Å². The van der Waals surface area contributed by atoms with Gasteiger partial charge in [0.25, 0.3) is 0 Å². The third-order valence-corrected chi connectivity index (χ3v) is 9.65. The van der Waals surface area contributed by atoms with E-state index in [1.165, 1.54) is 0 Å². The molecule has 1 saturated heterocycles. The smallest absolute Gasteiger partial charge is 0.345 e. The van der Waals surface area contributed by atoms with Crippen molar-refractivity contribution in [3.63, 3.8) is 0 Å². The van der Waals surface area contributed by atoms with Crippen molar-refractivity contribution in [2.45, 2.75) is 87.6 Å². The number of carbonyl (C=O) groups excluding carboxylic acids is 3. The SMILES string of the molecule is C[C@@H](CCCCN)C(=O)NCCC(=O)O[C@@H](CC(=O)OC1=CC[C@@]2(O)[C@H]3Cc4ccc(O)c5c4[C@@]2(CCN3C)[C@H]1O5)C(=O)O. The Hall–Kier alpha value is -3.68. The van der Waals surface area contributed by atoms with Crippen LogP contribution in [0.1, 0.15) is 63.0 Å². The fourth-order valence-corrected chi connectivity index (χ4v) is 7.35. The summed E-state index contributed by atoms with van der Waals surface area (Å²) >= 11 is 0. The van der Waals surface area contributed by atoms with Crippen molar-refractivity contribution >= 4 is 23.8 Å². The van der Waals surface area contributed by atoms with E-state index in [-0.39, 0.29) is 54.5 Å². The number of likely N-dealkylation sites (tertiary alicyclic amines) is 1. The molecule has 1 spiro atoms. The standard InChI is InChI=1S/C31H41N3O10/c1-17(5-3-4-12-32)28(38)33-13-9-23(36)43-21(29(39)40)16-24(37)42-20-8-10-31(41)22-15-18-6-7-19(35)26-25(18)30(31,27(20)44-26)11-14-34(22)2/h6-8,17,21-22,27,35,41H,3-5,9-16,32H2,1-2H3,(H,33,38)(H,39,40)/t17-,21-,22+,27-,30-,31+/m0/s1. The topological polar surface area (TPSA) is 198 Å². The number of aliphatic carboxylic acids is 1. The van der Waals surface area contributed by atoms with Gasteiger partial charge in [0.1, 0.15) is 5.76 Å². The summed E-state index contributed by atoms with van der Waals surface area (Å²) in [5.74, 6) is -3.56. The second-order valence-electron chi connectivity index (χ2n) is 12.3. The van der Waals surface area contributed by atoms with Gasteiger partial charge in [-0.15, -0.1) is 0 Å². The number of benzene rings is 1. The lowest BCUT2D eigenvalue weighted by Gasteiger charge is -2.61. The highest BCUT2D eigenvalue weighted by atomic mass is 16.6. The van der Waals surface area contributed by atoms with E-state index in [1.54, 1.807) is 19.1 Å². The highest BCUT2D eigenvalue weighted by molar-refractivity contribution is 5.84. The lowest BCUT2D eigenvalue weighted by molar-refractivity contribution is -0.173. The van der Waals surface area contributed by atoms with E-state index in [2.05, 4.69) is 10.2 Å². The van der Waals surface area contributed by atoms with Crippen LogP contribution in [0.2, 0.25) is 0 Å². The van der Waals surface area contributed by atoms with Crippen LogP contribution < -0.4 is 15.8 Å². The number of aliphatic hydroxyl groups is 1. The van der Waals surface area contributed by atoms with Crippen LogP contribution in [0.3, 0.4) is 0 Å². The number of hydrogen-bond donors (Lipinski definition) is 5. The number of hydrogen-bond acceptors (Lipinski definition) is 11. The van der Waals surface area contributed by atoms with Crippen molar-refractivity contribution in [1.29, 1.82) is 0 Å². The van der Waals surface area contributed by atoms with E-state index < -0.39 is 47.6 Å². The number of unbranched alkanes of at least 4 members (excludes halogenated alkanes) is 1. The van der Waals surface area contributed by atoms with Crippen LogP contribution in [0.4, 0.5) is 0 Å². The van der Waals surface area contributed by atoms with Gasteiger partial charge in [-0.1, -0.05) is 19.4 Å². The Labute approximate surface area is 255 Å². The number of ether oxygens (including phenoxy) is 3. The van der Waals surface area contributed by atoms with Gasteiger partial charge in [0.05, 0.1) is 23.9 Å². The number of nitrogens with zero attached hydrogens (tertiary/aromatic N) is 1. The van der Waals surface area contributed by atoms with Gasteiger partial charge in [0.15, 0.2) is 17.6 Å². The van der Waals surface area contributed by atoms with Gasteiger partial charge in [-0.2, -0.15) is 0 Å². The number of likely N-dealkylation sites (N-methyl/N-ethyl adjacent to an activating group) is 1. The molecule has 2 aliphatic heterocycles. The Morgan fingerprint density at radius 3 is 2.73 bits per heavy atom. The number of nitrogens with two attached hydrogens (primary N) is 1. The van der Waals surface area contributed by atoms with E-state index in [1.807, 2.05) is 13.1 Å². The minimum absolute atomic E-state index is 0.0435. The van der Waals surface area contributed by atoms with Gasteiger partial charge >= 0.3 is 17.9 Å². The predicted molar refractivity (Wildman–Crippen MR) is 155 cm³/mol. The number of piperidine rings is 1. The molecule has 0 saturated carbocycles. The zero-order valence-electron chi connectivity index (χ0n) is 25.0. The molecule has 44 heavy (non-hydrogen) atoms. The van der Waals surface area contributed by atoms with Crippen molar-refractivity contribution in [3.8, 4) is 11.5 Å². The quantitative estimate of drug-likeness (QED) is 0.155. The fourth-order valence-electron chi connectivity index (χ4n) is 7.35. The number of nitrogens with one attached hydrogen (secondary N) is 1. The number of carboxylic acid groups (broad SMARTS) is 1. The lowest BCUT2D eigenvalue weighted by Crippen LogP contribution is -2.74. The number of carboxylic acids is 1. The van der Waals surface area contributed by atoms with Crippen molar-refractivity contribution in [3.05, 3.63) is 35.1 Å². The summed E-state index contributed by atoms with van der Waals surface area (Å²) in [4.78, 5) is 51.6. The summed E-state index contributed by atoms with van der Waals surface area (Å²) < 4.78 is 16.9. The first kappa shape index (κ1) is 31.7. The first-order valence-electron chi connectivity index (χ1n) is 15.2. The van der Waals surface area contributed by atoms with Crippen LogP contribution in [-0.4, -0.2) is 94.6 Å². The molecule has 0 unspecified atom stereocenters. The van der Waals surface area contributed by atoms with Crippen LogP contribution >= 0.6 is 0 Å². The normalized spacial score (nSPS) is 27.7. The number of amides is 1. The van der Waals surface area contributed by atoms with Gasteiger partial charge in [-0.05, 0) is 63.5 Å². The molecule has 6 N–H and O–H groups in total. The van der Waals surface area contributed by atoms with Gasteiger partial charge < -0.3 is 45.5 Å². The maximum atomic E-state index is 13.0. The Kier molecular flexibility index (Phi) is 8.92. The Morgan fingerprint density at radius 2 is 2.00 bits per heavy atom. The number of phenols is 1. The molecule has 13 nitrogen and oxygen atoms in total. The average Bonchev–Trinajstić information content (AvgIpc) is 3.33. The van der Waals surface area contributed by atoms with E-state index in [0.717, 1.165) is 24.0 Å². The Morgan fingerprint density at radius 1 is 1.23 bits per heavy atom. The third kappa shape index (κ3) is 5.41. The fraction of sp³-hybridized carbons (Fsp3) is 0.613. The second kappa shape index (κ2) is 12.4. The van der Waals surface area contributed by atoms with Gasteiger partial charge in [-0.3, -0.25) is 14.4 Å². The molecule has 240 valence electrons. The molecular formula is C31H41N3O10. The molecule has 1 amide bonds.